The molecule has 0 saturated heterocycles. The molecule has 2 N–H and O–H groups in total. The number of carbonyl (C=O) groups excluding carboxylic acids is 1. The van der Waals surface area contributed by atoms with Gasteiger partial charge in [0.25, 0.3) is 5.91 Å². The van der Waals surface area contributed by atoms with Gasteiger partial charge < -0.3 is 10.4 Å². The zero-order valence-corrected chi connectivity index (χ0v) is 11.5. The number of aromatic nitrogens is 1. The van der Waals surface area contributed by atoms with E-state index in [2.05, 4.69) is 26.2 Å². The van der Waals surface area contributed by atoms with Crippen LogP contribution in [0.5, 0.6) is 0 Å². The number of benzene rings is 1. The molecule has 5 nitrogen and oxygen atoms in total. The van der Waals surface area contributed by atoms with Gasteiger partial charge in [0.1, 0.15) is 5.82 Å². The fourth-order valence-electron chi connectivity index (χ4n) is 1.54. The normalized spacial score (nSPS) is 10.1. The second-order valence-electron chi connectivity index (χ2n) is 3.80. The smallest absolute Gasteiger partial charge is 0.337 e. The van der Waals surface area contributed by atoms with E-state index < -0.39 is 17.7 Å². The van der Waals surface area contributed by atoms with Crippen molar-refractivity contribution in [3.05, 3.63) is 58.1 Å². The Morgan fingerprint density at radius 1 is 1.25 bits per heavy atom. The topological polar surface area (TPSA) is 79.3 Å². The lowest BCUT2D eigenvalue weighted by atomic mass is 10.2. The van der Waals surface area contributed by atoms with E-state index >= 15 is 0 Å². The number of pyridine rings is 1. The molecule has 0 aliphatic rings. The number of halogens is 2. The predicted octanol–water partition coefficient (Wildman–Crippen LogP) is 2.93. The minimum absolute atomic E-state index is 0.0706. The van der Waals surface area contributed by atoms with Gasteiger partial charge in [-0.05, 0) is 40.2 Å². The molecule has 2 aromatic rings. The van der Waals surface area contributed by atoms with Crippen LogP contribution in [0.15, 0.2) is 41.1 Å². The molecule has 0 fully saturated rings. The molecule has 0 atom stereocenters. The lowest BCUT2D eigenvalue weighted by molar-refractivity contribution is 0.0698. The van der Waals surface area contributed by atoms with Gasteiger partial charge in [-0.15, -0.1) is 0 Å². The van der Waals surface area contributed by atoms with Gasteiger partial charge >= 0.3 is 5.97 Å². The highest BCUT2D eigenvalue weighted by Gasteiger charge is 2.15. The number of carbonyl (C=O) groups is 2. The summed E-state index contributed by atoms with van der Waals surface area (Å²) < 4.78 is 13.2. The Hall–Kier alpha value is -2.28. The van der Waals surface area contributed by atoms with E-state index in [1.165, 1.54) is 24.5 Å². The fourth-order valence-corrected chi connectivity index (χ4v) is 2.07. The highest BCUT2D eigenvalue weighted by atomic mass is 79.9. The first kappa shape index (κ1) is 14.1. The van der Waals surface area contributed by atoms with E-state index in [4.69, 9.17) is 5.11 Å². The van der Waals surface area contributed by atoms with Crippen LogP contribution < -0.4 is 5.32 Å². The molecule has 2 rings (SSSR count). The molecule has 0 aliphatic carbocycles. The van der Waals surface area contributed by atoms with Gasteiger partial charge in [-0.2, -0.15) is 0 Å². The third kappa shape index (κ3) is 3.00. The summed E-state index contributed by atoms with van der Waals surface area (Å²) in [6.45, 7) is 0. The summed E-state index contributed by atoms with van der Waals surface area (Å²) in [5.41, 5.74) is 0.180. The van der Waals surface area contributed by atoms with Crippen molar-refractivity contribution in [1.29, 1.82) is 0 Å². The van der Waals surface area contributed by atoms with Gasteiger partial charge in [-0.1, -0.05) is 0 Å². The maximum Gasteiger partial charge on any atom is 0.337 e. The van der Waals surface area contributed by atoms with Crippen LogP contribution in [0.4, 0.5) is 10.1 Å². The minimum Gasteiger partial charge on any atom is -0.478 e. The summed E-state index contributed by atoms with van der Waals surface area (Å²) >= 11 is 3.08. The Morgan fingerprint density at radius 2 is 2.00 bits per heavy atom. The number of nitrogens with one attached hydrogen (secondary N) is 1. The lowest BCUT2D eigenvalue weighted by Gasteiger charge is -2.08. The van der Waals surface area contributed by atoms with Crippen LogP contribution in [0.3, 0.4) is 0 Å². The first-order chi connectivity index (χ1) is 9.49. The van der Waals surface area contributed by atoms with Crippen LogP contribution in [-0.4, -0.2) is 22.0 Å². The number of rotatable bonds is 3. The molecule has 0 saturated carbocycles. The first-order valence-corrected chi connectivity index (χ1v) is 6.22. The van der Waals surface area contributed by atoms with Crippen LogP contribution in [0.25, 0.3) is 0 Å². The quantitative estimate of drug-likeness (QED) is 0.901. The Balaban J connectivity index is 2.30. The number of anilines is 1. The van der Waals surface area contributed by atoms with Gasteiger partial charge in [-0.3, -0.25) is 9.78 Å². The van der Waals surface area contributed by atoms with Crippen molar-refractivity contribution in [2.24, 2.45) is 0 Å². The maximum atomic E-state index is 13.0. The van der Waals surface area contributed by atoms with Crippen molar-refractivity contribution in [3.63, 3.8) is 0 Å². The van der Waals surface area contributed by atoms with Crippen molar-refractivity contribution in [2.45, 2.75) is 0 Å². The van der Waals surface area contributed by atoms with E-state index in [0.717, 1.165) is 12.1 Å². The number of hydrogen-bond donors (Lipinski definition) is 2. The van der Waals surface area contributed by atoms with Crippen molar-refractivity contribution in [3.8, 4) is 0 Å². The second-order valence-corrected chi connectivity index (χ2v) is 4.66. The number of nitrogens with zero attached hydrogens (tertiary/aromatic N) is 1. The van der Waals surface area contributed by atoms with E-state index in [0.29, 0.717) is 0 Å². The molecule has 0 radical (unpaired) electrons. The monoisotopic (exact) mass is 338 g/mol. The molecule has 1 aromatic heterocycles. The van der Waals surface area contributed by atoms with Gasteiger partial charge in [0.2, 0.25) is 0 Å². The molecule has 1 amide bonds. The Bertz CT molecular complexity index is 691. The molecular formula is C13H8BrFN2O3. The lowest BCUT2D eigenvalue weighted by Crippen LogP contribution is -2.15. The molecule has 7 heteroatoms. The number of hydrogen-bond acceptors (Lipinski definition) is 3. The minimum atomic E-state index is -1.18. The Morgan fingerprint density at radius 3 is 2.65 bits per heavy atom. The van der Waals surface area contributed by atoms with Crippen LogP contribution in [-0.2, 0) is 0 Å². The average molecular weight is 339 g/mol. The van der Waals surface area contributed by atoms with Crippen LogP contribution in [0.2, 0.25) is 0 Å². The third-order valence-electron chi connectivity index (χ3n) is 2.48. The van der Waals surface area contributed by atoms with Gasteiger partial charge in [0.15, 0.2) is 0 Å². The molecule has 20 heavy (non-hydrogen) atoms. The van der Waals surface area contributed by atoms with E-state index in [1.54, 1.807) is 0 Å². The van der Waals surface area contributed by atoms with Crippen molar-refractivity contribution in [1.82, 2.24) is 4.98 Å². The Kier molecular flexibility index (Phi) is 4.09. The largest absolute Gasteiger partial charge is 0.478 e. The molecule has 1 heterocycles. The predicted molar refractivity (Wildman–Crippen MR) is 73.2 cm³/mol. The van der Waals surface area contributed by atoms with E-state index in [1.807, 2.05) is 0 Å². The van der Waals surface area contributed by atoms with Crippen molar-refractivity contribution >= 4 is 33.5 Å². The zero-order valence-electron chi connectivity index (χ0n) is 9.93. The second kappa shape index (κ2) is 5.79. The molecule has 102 valence electrons. The summed E-state index contributed by atoms with van der Waals surface area (Å²) in [7, 11) is 0. The maximum absolute atomic E-state index is 13.0. The molecule has 0 unspecified atom stereocenters. The van der Waals surface area contributed by atoms with Crippen molar-refractivity contribution in [2.75, 3.05) is 5.32 Å². The summed E-state index contributed by atoms with van der Waals surface area (Å²) in [6, 6.07) is 4.86. The SMILES string of the molecule is O=C(Nc1cnccc1C(=O)O)c1ccc(F)cc1Br. The molecule has 0 spiro atoms. The van der Waals surface area contributed by atoms with Gasteiger partial charge in [0, 0.05) is 10.7 Å². The zero-order chi connectivity index (χ0) is 14.7. The highest BCUT2D eigenvalue weighted by molar-refractivity contribution is 9.10. The molecule has 0 bridgehead atoms. The van der Waals surface area contributed by atoms with Crippen LogP contribution in [0, 0.1) is 5.82 Å². The van der Waals surface area contributed by atoms with Crippen LogP contribution in [0.1, 0.15) is 20.7 Å². The summed E-state index contributed by atoms with van der Waals surface area (Å²) in [4.78, 5) is 26.8. The third-order valence-corrected chi connectivity index (χ3v) is 3.13. The number of carboxylic acids is 1. The Labute approximate surface area is 121 Å². The summed E-state index contributed by atoms with van der Waals surface area (Å²) in [6.07, 6.45) is 2.55. The average Bonchev–Trinajstić information content (AvgIpc) is 2.38. The van der Waals surface area contributed by atoms with E-state index in [-0.39, 0.29) is 21.3 Å². The first-order valence-electron chi connectivity index (χ1n) is 5.42. The van der Waals surface area contributed by atoms with E-state index in [9.17, 15) is 14.0 Å². The van der Waals surface area contributed by atoms with Crippen molar-refractivity contribution < 1.29 is 19.1 Å². The van der Waals surface area contributed by atoms with Gasteiger partial charge in [0.05, 0.1) is 23.0 Å². The number of aromatic carboxylic acids is 1. The molecule has 0 aliphatic heterocycles. The van der Waals surface area contributed by atoms with Gasteiger partial charge in [-0.25, -0.2) is 9.18 Å². The standard InChI is InChI=1S/C13H8BrFN2O3/c14-10-5-7(15)1-2-8(10)12(18)17-11-6-16-4-3-9(11)13(19)20/h1-6H,(H,17,18)(H,19,20). The molecule has 1 aromatic carbocycles. The number of amides is 1. The highest BCUT2D eigenvalue weighted by Crippen LogP contribution is 2.20. The fraction of sp³-hybridized carbons (Fsp3) is 0. The molecular weight excluding hydrogens is 331 g/mol. The number of carboxylic acid groups (broad SMARTS) is 1. The summed E-state index contributed by atoms with van der Waals surface area (Å²) in [5, 5.41) is 11.4. The summed E-state index contributed by atoms with van der Waals surface area (Å²) in [5.74, 6) is -2.23. The van der Waals surface area contributed by atoms with Crippen LogP contribution >= 0.6 is 15.9 Å².